The van der Waals surface area contributed by atoms with E-state index in [0.717, 1.165) is 12.0 Å². The van der Waals surface area contributed by atoms with Crippen LogP contribution in [-0.2, 0) is 11.3 Å². The zero-order valence-electron chi connectivity index (χ0n) is 10.8. The minimum absolute atomic E-state index is 0.0248. The van der Waals surface area contributed by atoms with Gasteiger partial charge in [0.05, 0.1) is 5.69 Å². The number of amides is 1. The Bertz CT molecular complexity index is 561. The van der Waals surface area contributed by atoms with Gasteiger partial charge in [0.1, 0.15) is 0 Å². The van der Waals surface area contributed by atoms with E-state index < -0.39 is 0 Å². The molecule has 0 saturated heterocycles. The average molecular weight is 256 g/mol. The first-order valence-corrected chi connectivity index (χ1v) is 6.14. The highest BCUT2D eigenvalue weighted by Gasteiger charge is 2.11. The summed E-state index contributed by atoms with van der Waals surface area (Å²) in [6.07, 6.45) is 2.96. The van der Waals surface area contributed by atoms with Crippen LogP contribution in [0.2, 0.25) is 0 Å². The largest absolute Gasteiger partial charge is 0.345 e. The molecule has 0 atom stereocenters. The molecule has 1 heterocycles. The predicted octanol–water partition coefficient (Wildman–Crippen LogP) is 2.35. The van der Waals surface area contributed by atoms with Gasteiger partial charge < -0.3 is 9.47 Å². The molecule has 0 aliphatic heterocycles. The van der Waals surface area contributed by atoms with E-state index >= 15 is 0 Å². The Labute approximate surface area is 112 Å². The number of carbonyl (C=O) groups is 2. The van der Waals surface area contributed by atoms with Crippen LogP contribution in [-0.4, -0.2) is 23.8 Å². The van der Waals surface area contributed by atoms with Gasteiger partial charge in [0.2, 0.25) is 5.91 Å². The summed E-state index contributed by atoms with van der Waals surface area (Å²) in [4.78, 5) is 24.5. The Balaban J connectivity index is 1.97. The van der Waals surface area contributed by atoms with Crippen molar-refractivity contribution in [3.63, 3.8) is 0 Å². The quantitative estimate of drug-likeness (QED) is 0.771. The van der Waals surface area contributed by atoms with Crippen LogP contribution in [0.25, 0.3) is 0 Å². The van der Waals surface area contributed by atoms with Crippen LogP contribution in [0.3, 0.4) is 0 Å². The van der Waals surface area contributed by atoms with Gasteiger partial charge in [0, 0.05) is 31.9 Å². The molecule has 2 aromatic rings. The summed E-state index contributed by atoms with van der Waals surface area (Å²) < 4.78 is 1.78. The lowest BCUT2D eigenvalue weighted by Crippen LogP contribution is -2.27. The Morgan fingerprint density at radius 1 is 1.21 bits per heavy atom. The molecule has 19 heavy (non-hydrogen) atoms. The van der Waals surface area contributed by atoms with Gasteiger partial charge in [-0.1, -0.05) is 18.2 Å². The number of rotatable bonds is 5. The highest BCUT2D eigenvalue weighted by atomic mass is 16.2. The molecule has 4 nitrogen and oxygen atoms in total. The molecule has 98 valence electrons. The monoisotopic (exact) mass is 256 g/mol. The maximum Gasteiger partial charge on any atom is 0.228 e. The Morgan fingerprint density at radius 2 is 1.95 bits per heavy atom. The molecule has 4 heteroatoms. The fourth-order valence-electron chi connectivity index (χ4n) is 1.92. The van der Waals surface area contributed by atoms with E-state index in [9.17, 15) is 9.59 Å². The van der Waals surface area contributed by atoms with Crippen LogP contribution in [0.1, 0.15) is 16.9 Å². The highest BCUT2D eigenvalue weighted by Crippen LogP contribution is 2.12. The maximum absolute atomic E-state index is 12.1. The maximum atomic E-state index is 12.1. The molecule has 0 spiro atoms. The summed E-state index contributed by atoms with van der Waals surface area (Å²) in [6.45, 7) is 0.511. The van der Waals surface area contributed by atoms with E-state index in [4.69, 9.17) is 0 Å². The SMILES string of the molecule is CN(C(=O)CCn1cccc1C=O)c1ccccc1. The molecule has 0 aliphatic carbocycles. The van der Waals surface area contributed by atoms with Crippen molar-refractivity contribution in [2.75, 3.05) is 11.9 Å². The minimum Gasteiger partial charge on any atom is -0.345 e. The van der Waals surface area contributed by atoms with Crippen molar-refractivity contribution in [3.8, 4) is 0 Å². The highest BCUT2D eigenvalue weighted by molar-refractivity contribution is 5.92. The summed E-state index contributed by atoms with van der Waals surface area (Å²) in [5.74, 6) is 0.0248. The van der Waals surface area contributed by atoms with Crippen LogP contribution in [0, 0.1) is 0 Å². The summed E-state index contributed by atoms with van der Waals surface area (Å²) in [5.41, 5.74) is 1.46. The van der Waals surface area contributed by atoms with Gasteiger partial charge >= 0.3 is 0 Å². The van der Waals surface area contributed by atoms with E-state index in [1.165, 1.54) is 0 Å². The molecule has 0 saturated carbocycles. The van der Waals surface area contributed by atoms with Crippen LogP contribution < -0.4 is 4.90 Å². The lowest BCUT2D eigenvalue weighted by Gasteiger charge is -2.17. The average Bonchev–Trinajstić information content (AvgIpc) is 2.92. The van der Waals surface area contributed by atoms with Gasteiger partial charge in [0.25, 0.3) is 0 Å². The molecular weight excluding hydrogens is 240 g/mol. The Morgan fingerprint density at radius 3 is 2.63 bits per heavy atom. The van der Waals surface area contributed by atoms with E-state index in [-0.39, 0.29) is 5.91 Å². The number of nitrogens with zero attached hydrogens (tertiary/aromatic N) is 2. The topological polar surface area (TPSA) is 42.3 Å². The summed E-state index contributed by atoms with van der Waals surface area (Å²) in [6, 6.07) is 13.0. The molecular formula is C15H16N2O2. The van der Waals surface area contributed by atoms with Crippen molar-refractivity contribution in [1.82, 2.24) is 4.57 Å². The predicted molar refractivity (Wildman–Crippen MR) is 74.3 cm³/mol. The molecule has 0 bridgehead atoms. The fraction of sp³-hybridized carbons (Fsp3) is 0.200. The van der Waals surface area contributed by atoms with Crippen molar-refractivity contribution in [3.05, 3.63) is 54.4 Å². The second-order valence-corrected chi connectivity index (χ2v) is 4.28. The number of aldehydes is 1. The van der Waals surface area contributed by atoms with Crippen LogP contribution >= 0.6 is 0 Å². The molecule has 1 aromatic heterocycles. The van der Waals surface area contributed by atoms with Gasteiger partial charge in [-0.2, -0.15) is 0 Å². The molecule has 0 fully saturated rings. The summed E-state index contributed by atoms with van der Waals surface area (Å²) in [5, 5.41) is 0. The number of para-hydroxylation sites is 1. The van der Waals surface area contributed by atoms with Gasteiger partial charge in [-0.05, 0) is 24.3 Å². The molecule has 0 N–H and O–H groups in total. The van der Waals surface area contributed by atoms with Gasteiger partial charge in [-0.3, -0.25) is 9.59 Å². The number of anilines is 1. The van der Waals surface area contributed by atoms with Crippen molar-refractivity contribution in [2.45, 2.75) is 13.0 Å². The molecule has 2 rings (SSSR count). The van der Waals surface area contributed by atoms with Crippen molar-refractivity contribution in [1.29, 1.82) is 0 Å². The first-order chi connectivity index (χ1) is 9.22. The third kappa shape index (κ3) is 3.10. The van der Waals surface area contributed by atoms with Crippen molar-refractivity contribution < 1.29 is 9.59 Å². The zero-order chi connectivity index (χ0) is 13.7. The van der Waals surface area contributed by atoms with Crippen LogP contribution in [0.15, 0.2) is 48.7 Å². The number of aromatic nitrogens is 1. The number of hydrogen-bond donors (Lipinski definition) is 0. The number of aryl methyl sites for hydroxylation is 1. The lowest BCUT2D eigenvalue weighted by atomic mass is 10.2. The summed E-state index contributed by atoms with van der Waals surface area (Å²) in [7, 11) is 1.76. The molecule has 0 radical (unpaired) electrons. The molecule has 1 amide bonds. The zero-order valence-corrected chi connectivity index (χ0v) is 10.8. The first-order valence-electron chi connectivity index (χ1n) is 6.14. The third-order valence-electron chi connectivity index (χ3n) is 3.07. The van der Waals surface area contributed by atoms with Gasteiger partial charge in [0.15, 0.2) is 6.29 Å². The number of benzene rings is 1. The van der Waals surface area contributed by atoms with Gasteiger partial charge in [-0.25, -0.2) is 0 Å². The second-order valence-electron chi connectivity index (χ2n) is 4.28. The minimum atomic E-state index is 0.0248. The summed E-state index contributed by atoms with van der Waals surface area (Å²) >= 11 is 0. The van der Waals surface area contributed by atoms with E-state index in [1.807, 2.05) is 30.3 Å². The normalized spacial score (nSPS) is 10.2. The van der Waals surface area contributed by atoms with E-state index in [1.54, 1.807) is 34.8 Å². The van der Waals surface area contributed by atoms with Crippen molar-refractivity contribution >= 4 is 17.9 Å². The van der Waals surface area contributed by atoms with Crippen LogP contribution in [0.4, 0.5) is 5.69 Å². The lowest BCUT2D eigenvalue weighted by molar-refractivity contribution is -0.118. The standard InChI is InChI=1S/C15H16N2O2/c1-16(13-6-3-2-4-7-13)15(19)9-11-17-10-5-8-14(17)12-18/h2-8,10,12H,9,11H2,1H3. The third-order valence-corrected chi connectivity index (χ3v) is 3.07. The fourth-order valence-corrected chi connectivity index (χ4v) is 1.92. The van der Waals surface area contributed by atoms with Crippen LogP contribution in [0.5, 0.6) is 0 Å². The smallest absolute Gasteiger partial charge is 0.228 e. The van der Waals surface area contributed by atoms with E-state index in [2.05, 4.69) is 0 Å². The van der Waals surface area contributed by atoms with E-state index in [0.29, 0.717) is 18.7 Å². The number of carbonyl (C=O) groups excluding carboxylic acids is 2. The molecule has 0 unspecified atom stereocenters. The Hall–Kier alpha value is -2.36. The molecule has 1 aromatic carbocycles. The number of hydrogen-bond acceptors (Lipinski definition) is 2. The first kappa shape index (κ1) is 13.1. The van der Waals surface area contributed by atoms with Crippen molar-refractivity contribution in [2.24, 2.45) is 0 Å². The molecule has 0 aliphatic rings. The van der Waals surface area contributed by atoms with Gasteiger partial charge in [-0.15, -0.1) is 0 Å². The second kappa shape index (κ2) is 6.00. The Kier molecular flexibility index (Phi) is 4.13.